The van der Waals surface area contributed by atoms with Gasteiger partial charge in [-0.05, 0) is 35.7 Å². The molecule has 0 unspecified atom stereocenters. The molecule has 3 rings (SSSR count). The number of hydrogen-bond acceptors (Lipinski definition) is 2. The molecule has 3 aromatic rings. The van der Waals surface area contributed by atoms with E-state index in [0.29, 0.717) is 18.5 Å². The fraction of sp³-hybridized carbons (Fsp3) is 0.231. The molecule has 0 aromatic heterocycles. The van der Waals surface area contributed by atoms with E-state index in [2.05, 4.69) is 5.32 Å². The molecule has 1 atom stereocenters. The molecule has 0 aliphatic heterocycles. The standard InChI is InChI=1S/C26H27FN2O2/c1-19-7-6-10-22(15-19)18-29(25(30)17-21-11-13-23(27)14-12-21)24(26(31)28-2)16-20-8-4-3-5-9-20/h3-15,24H,16-18H2,1-2H3,(H,28,31)/t24-/m0/s1. The molecule has 0 bridgehead atoms. The second-order valence-corrected chi connectivity index (χ2v) is 7.63. The first-order chi connectivity index (χ1) is 15.0. The first-order valence-corrected chi connectivity index (χ1v) is 10.3. The van der Waals surface area contributed by atoms with Gasteiger partial charge in [0.1, 0.15) is 11.9 Å². The van der Waals surface area contributed by atoms with Gasteiger partial charge in [0.05, 0.1) is 6.42 Å². The number of benzene rings is 3. The van der Waals surface area contributed by atoms with Crippen LogP contribution >= 0.6 is 0 Å². The highest BCUT2D eigenvalue weighted by Crippen LogP contribution is 2.17. The van der Waals surface area contributed by atoms with E-state index in [1.54, 1.807) is 24.1 Å². The molecule has 0 saturated heterocycles. The van der Waals surface area contributed by atoms with Crippen molar-refractivity contribution < 1.29 is 14.0 Å². The zero-order valence-electron chi connectivity index (χ0n) is 17.8. The van der Waals surface area contributed by atoms with Crippen LogP contribution in [0.25, 0.3) is 0 Å². The number of nitrogens with zero attached hydrogens (tertiary/aromatic N) is 1. The molecule has 31 heavy (non-hydrogen) atoms. The molecule has 2 amide bonds. The summed E-state index contributed by atoms with van der Waals surface area (Å²) in [6.45, 7) is 2.31. The van der Waals surface area contributed by atoms with Crippen LogP contribution < -0.4 is 5.32 Å². The van der Waals surface area contributed by atoms with Crippen molar-refractivity contribution in [3.8, 4) is 0 Å². The van der Waals surface area contributed by atoms with Crippen molar-refractivity contribution in [2.75, 3.05) is 7.05 Å². The third-order valence-electron chi connectivity index (χ3n) is 5.22. The van der Waals surface area contributed by atoms with Gasteiger partial charge < -0.3 is 10.2 Å². The lowest BCUT2D eigenvalue weighted by Crippen LogP contribution is -2.50. The first kappa shape index (κ1) is 22.2. The Morgan fingerprint density at radius 2 is 1.58 bits per heavy atom. The van der Waals surface area contributed by atoms with Crippen LogP contribution in [-0.4, -0.2) is 29.8 Å². The second kappa shape index (κ2) is 10.5. The summed E-state index contributed by atoms with van der Waals surface area (Å²) in [5.74, 6) is -0.748. The Hall–Kier alpha value is -3.47. The number of halogens is 1. The van der Waals surface area contributed by atoms with Crippen molar-refractivity contribution in [3.63, 3.8) is 0 Å². The maximum absolute atomic E-state index is 13.4. The summed E-state index contributed by atoms with van der Waals surface area (Å²) in [5.41, 5.74) is 3.72. The van der Waals surface area contributed by atoms with Gasteiger partial charge in [-0.25, -0.2) is 4.39 Å². The van der Waals surface area contributed by atoms with Crippen LogP contribution in [0.2, 0.25) is 0 Å². The molecule has 0 heterocycles. The van der Waals surface area contributed by atoms with Gasteiger partial charge in [-0.15, -0.1) is 0 Å². The highest BCUT2D eigenvalue weighted by molar-refractivity contribution is 5.88. The maximum atomic E-state index is 13.4. The van der Waals surface area contributed by atoms with E-state index in [-0.39, 0.29) is 24.1 Å². The number of likely N-dealkylation sites (N-methyl/N-ethyl adjacent to an activating group) is 1. The van der Waals surface area contributed by atoms with Crippen molar-refractivity contribution in [1.82, 2.24) is 10.2 Å². The Morgan fingerprint density at radius 1 is 0.903 bits per heavy atom. The van der Waals surface area contributed by atoms with Gasteiger partial charge in [-0.1, -0.05) is 72.3 Å². The molecule has 1 N–H and O–H groups in total. The summed E-state index contributed by atoms with van der Waals surface area (Å²) in [6.07, 6.45) is 0.496. The minimum absolute atomic E-state index is 0.0916. The van der Waals surface area contributed by atoms with Gasteiger partial charge >= 0.3 is 0 Å². The van der Waals surface area contributed by atoms with Crippen LogP contribution in [0, 0.1) is 12.7 Å². The predicted octanol–water partition coefficient (Wildman–Crippen LogP) is 4.06. The van der Waals surface area contributed by atoms with Gasteiger partial charge in [0, 0.05) is 20.0 Å². The summed E-state index contributed by atoms with van der Waals surface area (Å²) >= 11 is 0. The summed E-state index contributed by atoms with van der Waals surface area (Å²) < 4.78 is 13.3. The molecule has 0 aliphatic rings. The minimum Gasteiger partial charge on any atom is -0.357 e. The molecule has 3 aromatic carbocycles. The van der Waals surface area contributed by atoms with E-state index in [4.69, 9.17) is 0 Å². The van der Waals surface area contributed by atoms with Crippen LogP contribution in [0.5, 0.6) is 0 Å². The number of rotatable bonds is 8. The lowest BCUT2D eigenvalue weighted by atomic mass is 10.0. The molecular formula is C26H27FN2O2. The number of carbonyl (C=O) groups excluding carboxylic acids is 2. The number of aryl methyl sites for hydroxylation is 1. The Balaban J connectivity index is 1.93. The fourth-order valence-corrected chi connectivity index (χ4v) is 3.61. The minimum atomic E-state index is -0.666. The smallest absolute Gasteiger partial charge is 0.242 e. The lowest BCUT2D eigenvalue weighted by Gasteiger charge is -2.31. The molecule has 5 heteroatoms. The average Bonchev–Trinajstić information content (AvgIpc) is 2.78. The maximum Gasteiger partial charge on any atom is 0.242 e. The van der Waals surface area contributed by atoms with E-state index >= 15 is 0 Å². The van der Waals surface area contributed by atoms with E-state index in [9.17, 15) is 14.0 Å². The fourth-order valence-electron chi connectivity index (χ4n) is 3.61. The van der Waals surface area contributed by atoms with Gasteiger partial charge in [0.25, 0.3) is 0 Å². The number of carbonyl (C=O) groups is 2. The van der Waals surface area contributed by atoms with E-state index in [0.717, 1.165) is 16.7 Å². The zero-order valence-corrected chi connectivity index (χ0v) is 17.8. The Bertz CT molecular complexity index is 1020. The molecule has 0 aliphatic carbocycles. The molecule has 0 spiro atoms. The van der Waals surface area contributed by atoms with Crippen LogP contribution in [0.15, 0.2) is 78.9 Å². The molecule has 0 saturated carbocycles. The predicted molar refractivity (Wildman–Crippen MR) is 120 cm³/mol. The van der Waals surface area contributed by atoms with Crippen LogP contribution in [0.4, 0.5) is 4.39 Å². The molecule has 4 nitrogen and oxygen atoms in total. The average molecular weight is 419 g/mol. The SMILES string of the molecule is CNC(=O)[C@H](Cc1ccccc1)N(Cc1cccc(C)c1)C(=O)Cc1ccc(F)cc1. The quantitative estimate of drug-likeness (QED) is 0.600. The van der Waals surface area contributed by atoms with E-state index in [1.807, 2.05) is 61.5 Å². The van der Waals surface area contributed by atoms with Gasteiger partial charge in [-0.2, -0.15) is 0 Å². The molecular weight excluding hydrogens is 391 g/mol. The number of amides is 2. The van der Waals surface area contributed by atoms with Crippen LogP contribution in [0.3, 0.4) is 0 Å². The van der Waals surface area contributed by atoms with Crippen molar-refractivity contribution in [3.05, 3.63) is 107 Å². The van der Waals surface area contributed by atoms with Crippen molar-refractivity contribution >= 4 is 11.8 Å². The monoisotopic (exact) mass is 418 g/mol. The second-order valence-electron chi connectivity index (χ2n) is 7.63. The zero-order chi connectivity index (χ0) is 22.2. The van der Waals surface area contributed by atoms with E-state index < -0.39 is 6.04 Å². The summed E-state index contributed by atoms with van der Waals surface area (Å²) in [7, 11) is 1.58. The highest BCUT2D eigenvalue weighted by atomic mass is 19.1. The lowest BCUT2D eigenvalue weighted by molar-refractivity contribution is -0.140. The third kappa shape index (κ3) is 6.25. The van der Waals surface area contributed by atoms with Crippen molar-refractivity contribution in [2.45, 2.75) is 32.4 Å². The molecule has 0 fully saturated rings. The van der Waals surface area contributed by atoms with Gasteiger partial charge in [0.2, 0.25) is 11.8 Å². The Kier molecular flexibility index (Phi) is 7.55. The summed E-state index contributed by atoms with van der Waals surface area (Å²) in [6, 6.07) is 22.8. The summed E-state index contributed by atoms with van der Waals surface area (Å²) in [5, 5.41) is 2.71. The van der Waals surface area contributed by atoms with Gasteiger partial charge in [-0.3, -0.25) is 9.59 Å². The van der Waals surface area contributed by atoms with Crippen molar-refractivity contribution in [2.24, 2.45) is 0 Å². The third-order valence-corrected chi connectivity index (χ3v) is 5.22. The first-order valence-electron chi connectivity index (χ1n) is 10.3. The van der Waals surface area contributed by atoms with Crippen LogP contribution in [-0.2, 0) is 29.0 Å². The topological polar surface area (TPSA) is 49.4 Å². The largest absolute Gasteiger partial charge is 0.357 e. The Labute approximate surface area is 182 Å². The molecule has 160 valence electrons. The normalized spacial score (nSPS) is 11.6. The Morgan fingerprint density at radius 3 is 2.23 bits per heavy atom. The summed E-state index contributed by atoms with van der Waals surface area (Å²) in [4.78, 5) is 27.9. The van der Waals surface area contributed by atoms with Gasteiger partial charge in [0.15, 0.2) is 0 Å². The number of nitrogens with one attached hydrogen (secondary N) is 1. The van der Waals surface area contributed by atoms with E-state index in [1.165, 1.54) is 12.1 Å². The molecule has 0 radical (unpaired) electrons. The van der Waals surface area contributed by atoms with Crippen molar-refractivity contribution in [1.29, 1.82) is 0 Å². The highest BCUT2D eigenvalue weighted by Gasteiger charge is 2.29. The number of hydrogen-bond donors (Lipinski definition) is 1. The van der Waals surface area contributed by atoms with Crippen LogP contribution in [0.1, 0.15) is 22.3 Å².